The molecule has 0 spiro atoms. The summed E-state index contributed by atoms with van der Waals surface area (Å²) in [6.45, 7) is 3.48. The number of nitrogens with one attached hydrogen (secondary N) is 1. The molecule has 1 aromatic rings. The minimum Gasteiger partial charge on any atom is -0.399 e. The van der Waals surface area contributed by atoms with Crippen LogP contribution in [-0.4, -0.2) is 25.7 Å². The van der Waals surface area contributed by atoms with Gasteiger partial charge in [0.1, 0.15) is 0 Å². The largest absolute Gasteiger partial charge is 0.399 e. The van der Waals surface area contributed by atoms with E-state index >= 15 is 0 Å². The van der Waals surface area contributed by atoms with Gasteiger partial charge in [0.15, 0.2) is 0 Å². The van der Waals surface area contributed by atoms with Crippen LogP contribution >= 0.6 is 11.6 Å². The van der Waals surface area contributed by atoms with Crippen LogP contribution in [-0.2, 0) is 4.74 Å². The Morgan fingerprint density at radius 3 is 3.00 bits per heavy atom. The lowest BCUT2D eigenvalue weighted by molar-refractivity contribution is 0.0923. The van der Waals surface area contributed by atoms with Gasteiger partial charge in [-0.05, 0) is 25.1 Å². The molecular weight excluding hydrogens is 228 g/mol. The first-order valence-electron chi connectivity index (χ1n) is 5.06. The van der Waals surface area contributed by atoms with E-state index < -0.39 is 0 Å². The molecule has 0 saturated carbocycles. The lowest BCUT2D eigenvalue weighted by Gasteiger charge is -2.07. The Labute approximate surface area is 99.7 Å². The second-order valence-electron chi connectivity index (χ2n) is 3.19. The van der Waals surface area contributed by atoms with Crippen molar-refractivity contribution in [3.05, 3.63) is 28.8 Å². The first-order chi connectivity index (χ1) is 7.65. The van der Waals surface area contributed by atoms with Crippen molar-refractivity contribution in [2.75, 3.05) is 25.5 Å². The molecule has 0 atom stereocenters. The summed E-state index contributed by atoms with van der Waals surface area (Å²) in [5.74, 6) is -0.239. The Kier molecular flexibility index (Phi) is 5.08. The van der Waals surface area contributed by atoms with E-state index in [-0.39, 0.29) is 5.91 Å². The van der Waals surface area contributed by atoms with Crippen molar-refractivity contribution in [2.45, 2.75) is 6.92 Å². The summed E-state index contributed by atoms with van der Waals surface area (Å²) in [7, 11) is 0. The van der Waals surface area contributed by atoms with Gasteiger partial charge in [0.25, 0.3) is 5.91 Å². The highest BCUT2D eigenvalue weighted by molar-refractivity contribution is 6.34. The van der Waals surface area contributed by atoms with Crippen LogP contribution in [0.1, 0.15) is 17.3 Å². The van der Waals surface area contributed by atoms with Crippen LogP contribution in [0, 0.1) is 0 Å². The standard InChI is InChI=1S/C11H15ClN2O2/c1-2-16-6-5-14-11(15)9-7-8(13)3-4-10(9)12/h3-4,7H,2,5-6,13H2,1H3,(H,14,15). The molecule has 1 amide bonds. The zero-order valence-corrected chi connectivity index (χ0v) is 9.88. The minimum atomic E-state index is -0.239. The molecule has 3 N–H and O–H groups in total. The van der Waals surface area contributed by atoms with E-state index in [0.29, 0.717) is 36.0 Å². The van der Waals surface area contributed by atoms with Crippen LogP contribution in [0.15, 0.2) is 18.2 Å². The lowest BCUT2D eigenvalue weighted by Crippen LogP contribution is -2.27. The van der Waals surface area contributed by atoms with Gasteiger partial charge >= 0.3 is 0 Å². The monoisotopic (exact) mass is 242 g/mol. The van der Waals surface area contributed by atoms with E-state index in [4.69, 9.17) is 22.1 Å². The van der Waals surface area contributed by atoms with E-state index in [0.717, 1.165) is 0 Å². The van der Waals surface area contributed by atoms with Crippen molar-refractivity contribution < 1.29 is 9.53 Å². The van der Waals surface area contributed by atoms with Gasteiger partial charge in [0, 0.05) is 18.8 Å². The molecule has 0 aliphatic carbocycles. The topological polar surface area (TPSA) is 64.3 Å². The second kappa shape index (κ2) is 6.35. The summed E-state index contributed by atoms with van der Waals surface area (Å²) in [6, 6.07) is 4.81. The molecule has 0 aromatic heterocycles. The van der Waals surface area contributed by atoms with Crippen molar-refractivity contribution in [2.24, 2.45) is 0 Å². The number of amides is 1. The number of hydrogen-bond donors (Lipinski definition) is 2. The Hall–Kier alpha value is -1.26. The fraction of sp³-hybridized carbons (Fsp3) is 0.364. The van der Waals surface area contributed by atoms with E-state index in [1.807, 2.05) is 6.92 Å². The third kappa shape index (κ3) is 3.72. The quantitative estimate of drug-likeness (QED) is 0.610. The van der Waals surface area contributed by atoms with Crippen LogP contribution < -0.4 is 11.1 Å². The first-order valence-corrected chi connectivity index (χ1v) is 5.44. The SMILES string of the molecule is CCOCCNC(=O)c1cc(N)ccc1Cl. The van der Waals surface area contributed by atoms with E-state index in [1.165, 1.54) is 0 Å². The summed E-state index contributed by atoms with van der Waals surface area (Å²) >= 11 is 5.88. The van der Waals surface area contributed by atoms with Crippen LogP contribution in [0.5, 0.6) is 0 Å². The number of carbonyl (C=O) groups excluding carboxylic acids is 1. The molecule has 0 aliphatic heterocycles. The molecule has 0 unspecified atom stereocenters. The maximum atomic E-state index is 11.7. The van der Waals surface area contributed by atoms with Crippen molar-refractivity contribution in [1.29, 1.82) is 0 Å². The fourth-order valence-corrected chi connectivity index (χ4v) is 1.40. The van der Waals surface area contributed by atoms with Crippen molar-refractivity contribution in [3.8, 4) is 0 Å². The third-order valence-electron chi connectivity index (χ3n) is 1.97. The number of nitrogen functional groups attached to an aromatic ring is 1. The molecule has 88 valence electrons. The number of nitrogens with two attached hydrogens (primary N) is 1. The highest BCUT2D eigenvalue weighted by Gasteiger charge is 2.09. The van der Waals surface area contributed by atoms with Gasteiger partial charge in [0.05, 0.1) is 17.2 Å². The summed E-state index contributed by atoms with van der Waals surface area (Å²) in [5.41, 5.74) is 6.48. The number of ether oxygens (including phenoxy) is 1. The van der Waals surface area contributed by atoms with Crippen molar-refractivity contribution in [3.63, 3.8) is 0 Å². The molecule has 1 rings (SSSR count). The average molecular weight is 243 g/mol. The molecule has 0 heterocycles. The van der Waals surface area contributed by atoms with Gasteiger partial charge in [-0.3, -0.25) is 4.79 Å². The first kappa shape index (κ1) is 12.8. The van der Waals surface area contributed by atoms with Crippen molar-refractivity contribution >= 4 is 23.2 Å². The Bertz CT molecular complexity index is 369. The zero-order valence-electron chi connectivity index (χ0n) is 9.13. The molecule has 0 aliphatic rings. The number of rotatable bonds is 5. The van der Waals surface area contributed by atoms with Gasteiger partial charge in [-0.1, -0.05) is 11.6 Å². The van der Waals surface area contributed by atoms with E-state index in [1.54, 1.807) is 18.2 Å². The third-order valence-corrected chi connectivity index (χ3v) is 2.30. The Balaban J connectivity index is 2.55. The highest BCUT2D eigenvalue weighted by atomic mass is 35.5. The maximum absolute atomic E-state index is 11.7. The Morgan fingerprint density at radius 2 is 2.31 bits per heavy atom. The number of carbonyl (C=O) groups is 1. The number of hydrogen-bond acceptors (Lipinski definition) is 3. The molecule has 1 aromatic carbocycles. The second-order valence-corrected chi connectivity index (χ2v) is 3.60. The van der Waals surface area contributed by atoms with E-state index in [2.05, 4.69) is 5.32 Å². The molecule has 0 bridgehead atoms. The van der Waals surface area contributed by atoms with Crippen molar-refractivity contribution in [1.82, 2.24) is 5.32 Å². The smallest absolute Gasteiger partial charge is 0.252 e. The molecule has 0 fully saturated rings. The number of anilines is 1. The highest BCUT2D eigenvalue weighted by Crippen LogP contribution is 2.18. The molecule has 0 radical (unpaired) electrons. The van der Waals surface area contributed by atoms with Gasteiger partial charge in [-0.15, -0.1) is 0 Å². The summed E-state index contributed by atoms with van der Waals surface area (Å²) in [5, 5.41) is 3.09. The number of benzene rings is 1. The average Bonchev–Trinajstić information content (AvgIpc) is 2.27. The predicted molar refractivity (Wildman–Crippen MR) is 64.7 cm³/mol. The predicted octanol–water partition coefficient (Wildman–Crippen LogP) is 1.69. The summed E-state index contributed by atoms with van der Waals surface area (Å²) in [4.78, 5) is 11.7. The van der Waals surface area contributed by atoms with Crippen LogP contribution in [0.2, 0.25) is 5.02 Å². The Morgan fingerprint density at radius 1 is 1.56 bits per heavy atom. The summed E-state index contributed by atoms with van der Waals surface area (Å²) < 4.78 is 5.10. The molecule has 4 nitrogen and oxygen atoms in total. The molecular formula is C11H15ClN2O2. The van der Waals surface area contributed by atoms with Crippen LogP contribution in [0.4, 0.5) is 5.69 Å². The zero-order chi connectivity index (χ0) is 12.0. The lowest BCUT2D eigenvalue weighted by atomic mass is 10.2. The fourth-order valence-electron chi connectivity index (χ4n) is 1.19. The van der Waals surface area contributed by atoms with Crippen LogP contribution in [0.25, 0.3) is 0 Å². The minimum absolute atomic E-state index is 0.239. The summed E-state index contributed by atoms with van der Waals surface area (Å²) in [6.07, 6.45) is 0. The molecule has 5 heteroatoms. The van der Waals surface area contributed by atoms with Crippen LogP contribution in [0.3, 0.4) is 0 Å². The van der Waals surface area contributed by atoms with Gasteiger partial charge in [-0.25, -0.2) is 0 Å². The van der Waals surface area contributed by atoms with Gasteiger partial charge in [0.2, 0.25) is 0 Å². The molecule has 16 heavy (non-hydrogen) atoms. The van der Waals surface area contributed by atoms with Gasteiger partial charge < -0.3 is 15.8 Å². The maximum Gasteiger partial charge on any atom is 0.252 e. The van der Waals surface area contributed by atoms with Gasteiger partial charge in [-0.2, -0.15) is 0 Å². The van der Waals surface area contributed by atoms with E-state index in [9.17, 15) is 4.79 Å². The molecule has 0 saturated heterocycles. The normalized spacial score (nSPS) is 10.1. The number of halogens is 1.